The number of piperidine rings is 1. The number of hydrogen-bond acceptors (Lipinski definition) is 3. The Bertz CT molecular complexity index is 478. The van der Waals surface area contributed by atoms with Crippen molar-refractivity contribution >= 4 is 11.6 Å². The summed E-state index contributed by atoms with van der Waals surface area (Å²) in [5, 5.41) is 0. The van der Waals surface area contributed by atoms with Gasteiger partial charge in [0.05, 0.1) is 11.3 Å². The van der Waals surface area contributed by atoms with Gasteiger partial charge in [-0.1, -0.05) is 6.92 Å². The summed E-state index contributed by atoms with van der Waals surface area (Å²) in [4.78, 5) is 13.6. The van der Waals surface area contributed by atoms with E-state index in [9.17, 15) is 9.18 Å². The van der Waals surface area contributed by atoms with Crippen LogP contribution >= 0.6 is 0 Å². The van der Waals surface area contributed by atoms with Gasteiger partial charge in [-0.05, 0) is 37.0 Å². The van der Waals surface area contributed by atoms with E-state index in [1.807, 2.05) is 0 Å². The molecule has 1 amide bonds. The molecule has 1 saturated heterocycles. The molecule has 0 aliphatic carbocycles. The van der Waals surface area contributed by atoms with Gasteiger partial charge in [-0.2, -0.15) is 0 Å². The number of halogens is 1. The summed E-state index contributed by atoms with van der Waals surface area (Å²) >= 11 is 0. The molecule has 19 heavy (non-hydrogen) atoms. The minimum absolute atomic E-state index is 0.164. The fourth-order valence-corrected chi connectivity index (χ4v) is 2.86. The first-order valence-electron chi connectivity index (χ1n) is 6.60. The highest BCUT2D eigenvalue weighted by molar-refractivity contribution is 5.98. The topological polar surface area (TPSA) is 72.3 Å². The first kappa shape index (κ1) is 13.8. The SMILES string of the molecule is CC1CCCN(c2ccc(F)cc2C(N)=O)C1CN. The van der Waals surface area contributed by atoms with Crippen LogP contribution in [0.3, 0.4) is 0 Å². The third-order valence-corrected chi connectivity index (χ3v) is 3.89. The summed E-state index contributed by atoms with van der Waals surface area (Å²) in [6.07, 6.45) is 2.15. The Balaban J connectivity index is 2.42. The Morgan fingerprint density at radius 2 is 2.26 bits per heavy atom. The predicted octanol–water partition coefficient (Wildman–Crippen LogP) is 1.49. The molecule has 0 bridgehead atoms. The van der Waals surface area contributed by atoms with Crippen LogP contribution in [0.25, 0.3) is 0 Å². The van der Waals surface area contributed by atoms with Crippen LogP contribution in [0.4, 0.5) is 10.1 Å². The van der Waals surface area contributed by atoms with E-state index in [1.165, 1.54) is 12.1 Å². The van der Waals surface area contributed by atoms with Crippen LogP contribution < -0.4 is 16.4 Å². The van der Waals surface area contributed by atoms with Crippen molar-refractivity contribution in [3.63, 3.8) is 0 Å². The highest BCUT2D eigenvalue weighted by Crippen LogP contribution is 2.30. The molecule has 4 N–H and O–H groups in total. The van der Waals surface area contributed by atoms with Gasteiger partial charge < -0.3 is 16.4 Å². The van der Waals surface area contributed by atoms with Crippen molar-refractivity contribution in [1.82, 2.24) is 0 Å². The molecular weight excluding hydrogens is 245 g/mol. The Morgan fingerprint density at radius 3 is 2.89 bits per heavy atom. The van der Waals surface area contributed by atoms with E-state index < -0.39 is 11.7 Å². The van der Waals surface area contributed by atoms with Crippen LogP contribution in [0.15, 0.2) is 18.2 Å². The molecule has 2 unspecified atom stereocenters. The molecule has 104 valence electrons. The van der Waals surface area contributed by atoms with E-state index in [2.05, 4.69) is 11.8 Å². The summed E-state index contributed by atoms with van der Waals surface area (Å²) in [6.45, 7) is 3.48. The number of hydrogen-bond donors (Lipinski definition) is 2. The van der Waals surface area contributed by atoms with Gasteiger partial charge in [0.25, 0.3) is 5.91 Å². The van der Waals surface area contributed by atoms with Gasteiger partial charge in [-0.15, -0.1) is 0 Å². The van der Waals surface area contributed by atoms with E-state index >= 15 is 0 Å². The van der Waals surface area contributed by atoms with Gasteiger partial charge in [-0.25, -0.2) is 4.39 Å². The maximum Gasteiger partial charge on any atom is 0.250 e. The van der Waals surface area contributed by atoms with Crippen LogP contribution in [0, 0.1) is 11.7 Å². The highest BCUT2D eigenvalue weighted by atomic mass is 19.1. The molecular formula is C14H20FN3O. The molecule has 0 radical (unpaired) electrons. The molecule has 1 aromatic rings. The average Bonchev–Trinajstić information content (AvgIpc) is 2.38. The molecule has 5 heteroatoms. The van der Waals surface area contributed by atoms with Crippen LogP contribution in [0.1, 0.15) is 30.1 Å². The number of benzene rings is 1. The van der Waals surface area contributed by atoms with E-state index in [0.717, 1.165) is 19.4 Å². The first-order chi connectivity index (χ1) is 9.04. The minimum atomic E-state index is -0.608. The number of rotatable bonds is 3. The average molecular weight is 265 g/mol. The number of anilines is 1. The first-order valence-corrected chi connectivity index (χ1v) is 6.60. The van der Waals surface area contributed by atoms with Gasteiger partial charge in [0.2, 0.25) is 0 Å². The number of nitrogens with two attached hydrogens (primary N) is 2. The fraction of sp³-hybridized carbons (Fsp3) is 0.500. The second-order valence-electron chi connectivity index (χ2n) is 5.14. The van der Waals surface area contributed by atoms with Crippen LogP contribution in [0.2, 0.25) is 0 Å². The van der Waals surface area contributed by atoms with E-state index in [-0.39, 0.29) is 11.6 Å². The highest BCUT2D eigenvalue weighted by Gasteiger charge is 2.29. The molecule has 0 saturated carbocycles. The quantitative estimate of drug-likeness (QED) is 0.869. The third kappa shape index (κ3) is 2.71. The van der Waals surface area contributed by atoms with Gasteiger partial charge in [0, 0.05) is 19.1 Å². The van der Waals surface area contributed by atoms with E-state index in [1.54, 1.807) is 6.07 Å². The number of carbonyl (C=O) groups is 1. The second-order valence-corrected chi connectivity index (χ2v) is 5.14. The lowest BCUT2D eigenvalue weighted by atomic mass is 9.89. The van der Waals surface area contributed by atoms with Crippen molar-refractivity contribution in [2.45, 2.75) is 25.8 Å². The van der Waals surface area contributed by atoms with Gasteiger partial charge in [0.15, 0.2) is 0 Å². The summed E-state index contributed by atoms with van der Waals surface area (Å²) in [6, 6.07) is 4.34. The lowest BCUT2D eigenvalue weighted by Crippen LogP contribution is -2.49. The number of carbonyl (C=O) groups excluding carboxylic acids is 1. The summed E-state index contributed by atoms with van der Waals surface area (Å²) in [7, 11) is 0. The zero-order valence-electron chi connectivity index (χ0n) is 11.1. The predicted molar refractivity (Wildman–Crippen MR) is 73.5 cm³/mol. The van der Waals surface area contributed by atoms with Crippen molar-refractivity contribution < 1.29 is 9.18 Å². The van der Waals surface area contributed by atoms with Crippen molar-refractivity contribution in [3.8, 4) is 0 Å². The second kappa shape index (κ2) is 5.57. The van der Waals surface area contributed by atoms with E-state index in [4.69, 9.17) is 11.5 Å². The van der Waals surface area contributed by atoms with Gasteiger partial charge >= 0.3 is 0 Å². The Labute approximate surface area is 112 Å². The molecule has 1 fully saturated rings. The monoisotopic (exact) mass is 265 g/mol. The molecule has 1 heterocycles. The fourth-order valence-electron chi connectivity index (χ4n) is 2.86. The van der Waals surface area contributed by atoms with Crippen molar-refractivity contribution in [3.05, 3.63) is 29.6 Å². The maximum atomic E-state index is 13.3. The normalized spacial score (nSPS) is 23.4. The smallest absolute Gasteiger partial charge is 0.250 e. The molecule has 1 aromatic carbocycles. The molecule has 0 spiro atoms. The summed E-state index contributed by atoms with van der Waals surface area (Å²) in [5.74, 6) is -0.611. The minimum Gasteiger partial charge on any atom is -0.366 e. The molecule has 2 rings (SSSR count). The van der Waals surface area contributed by atoms with Gasteiger partial charge in [0.1, 0.15) is 5.82 Å². The standard InChI is InChI=1S/C14H20FN3O/c1-9-3-2-6-18(13(9)8-16)12-5-4-10(15)7-11(12)14(17)19/h4-5,7,9,13H,2-3,6,8,16H2,1H3,(H2,17,19). The lowest BCUT2D eigenvalue weighted by Gasteiger charge is -2.41. The Kier molecular flexibility index (Phi) is 4.04. The van der Waals surface area contributed by atoms with Gasteiger partial charge in [-0.3, -0.25) is 4.79 Å². The maximum absolute atomic E-state index is 13.3. The van der Waals surface area contributed by atoms with Crippen molar-refractivity contribution in [2.75, 3.05) is 18.0 Å². The Hall–Kier alpha value is -1.62. The molecule has 1 aliphatic rings. The zero-order valence-corrected chi connectivity index (χ0v) is 11.1. The molecule has 4 nitrogen and oxygen atoms in total. The van der Waals surface area contributed by atoms with Crippen LogP contribution in [-0.4, -0.2) is 25.0 Å². The summed E-state index contributed by atoms with van der Waals surface area (Å²) < 4.78 is 13.3. The van der Waals surface area contributed by atoms with Crippen LogP contribution in [-0.2, 0) is 0 Å². The molecule has 1 aliphatic heterocycles. The largest absolute Gasteiger partial charge is 0.366 e. The van der Waals surface area contributed by atoms with Crippen molar-refractivity contribution in [1.29, 1.82) is 0 Å². The molecule has 0 aromatic heterocycles. The molecule has 2 atom stereocenters. The number of nitrogens with zero attached hydrogens (tertiary/aromatic N) is 1. The summed E-state index contributed by atoms with van der Waals surface area (Å²) in [5.41, 5.74) is 12.1. The van der Waals surface area contributed by atoms with E-state index in [0.29, 0.717) is 18.2 Å². The lowest BCUT2D eigenvalue weighted by molar-refractivity contribution is 0.1000. The van der Waals surface area contributed by atoms with Crippen LogP contribution in [0.5, 0.6) is 0 Å². The number of primary amides is 1. The van der Waals surface area contributed by atoms with Crippen molar-refractivity contribution in [2.24, 2.45) is 17.4 Å². The Morgan fingerprint density at radius 1 is 1.53 bits per heavy atom. The third-order valence-electron chi connectivity index (χ3n) is 3.89. The zero-order chi connectivity index (χ0) is 14.0. The number of amides is 1.